The fourth-order valence-corrected chi connectivity index (χ4v) is 2.04. The first-order chi connectivity index (χ1) is 7.19. The maximum absolute atomic E-state index is 5.90. The molecule has 1 aromatic rings. The van der Waals surface area contributed by atoms with E-state index in [1.54, 1.807) is 6.07 Å². The molecule has 0 bridgehead atoms. The summed E-state index contributed by atoms with van der Waals surface area (Å²) in [6.07, 6.45) is 2.63. The molecule has 0 amide bonds. The summed E-state index contributed by atoms with van der Waals surface area (Å²) in [5.41, 5.74) is 0.942. The molecule has 0 spiro atoms. The Balaban J connectivity index is 2.08. The molecular formula is C11H16ClN3. The number of aromatic nitrogens is 2. The van der Waals surface area contributed by atoms with Crippen LogP contribution in [0.25, 0.3) is 0 Å². The third-order valence-electron chi connectivity index (χ3n) is 2.68. The minimum Gasteiger partial charge on any atom is -0.293 e. The van der Waals surface area contributed by atoms with Crippen molar-refractivity contribution in [2.45, 2.75) is 39.3 Å². The molecule has 0 radical (unpaired) electrons. The molecule has 1 aliphatic rings. The molecule has 1 aliphatic carbocycles. The van der Waals surface area contributed by atoms with Gasteiger partial charge in [0.1, 0.15) is 11.0 Å². The molecule has 0 aliphatic heterocycles. The second kappa shape index (κ2) is 4.45. The van der Waals surface area contributed by atoms with Gasteiger partial charge in [-0.15, -0.1) is 0 Å². The van der Waals surface area contributed by atoms with Crippen LogP contribution in [-0.2, 0) is 6.54 Å². The number of aryl methyl sites for hydroxylation is 1. The van der Waals surface area contributed by atoms with E-state index in [1.165, 1.54) is 12.8 Å². The molecule has 0 unspecified atom stereocenters. The zero-order chi connectivity index (χ0) is 10.8. The lowest BCUT2D eigenvalue weighted by atomic mass is 10.4. The predicted molar refractivity (Wildman–Crippen MR) is 60.9 cm³/mol. The molecule has 1 aromatic heterocycles. The second-order valence-electron chi connectivity index (χ2n) is 4.04. The summed E-state index contributed by atoms with van der Waals surface area (Å²) in [7, 11) is 0. The van der Waals surface area contributed by atoms with Gasteiger partial charge >= 0.3 is 0 Å². The summed E-state index contributed by atoms with van der Waals surface area (Å²) >= 11 is 5.90. The molecule has 1 saturated carbocycles. The van der Waals surface area contributed by atoms with Crippen LogP contribution in [0.1, 0.15) is 31.3 Å². The van der Waals surface area contributed by atoms with Gasteiger partial charge in [-0.25, -0.2) is 9.97 Å². The summed E-state index contributed by atoms with van der Waals surface area (Å²) in [5.74, 6) is 0.841. The first-order valence-electron chi connectivity index (χ1n) is 5.43. The Morgan fingerprint density at radius 1 is 1.47 bits per heavy atom. The molecule has 15 heavy (non-hydrogen) atoms. The van der Waals surface area contributed by atoms with E-state index in [4.69, 9.17) is 11.6 Å². The van der Waals surface area contributed by atoms with Crippen LogP contribution in [0.15, 0.2) is 6.07 Å². The predicted octanol–water partition coefficient (Wildman–Crippen LogP) is 2.42. The summed E-state index contributed by atoms with van der Waals surface area (Å²) in [6, 6.07) is 2.54. The summed E-state index contributed by atoms with van der Waals surface area (Å²) in [5, 5.41) is 0.546. The van der Waals surface area contributed by atoms with Gasteiger partial charge < -0.3 is 0 Å². The maximum Gasteiger partial charge on any atom is 0.144 e. The maximum atomic E-state index is 5.90. The third-order valence-corrected chi connectivity index (χ3v) is 2.88. The van der Waals surface area contributed by atoms with E-state index in [9.17, 15) is 0 Å². The van der Waals surface area contributed by atoms with Gasteiger partial charge in [0.15, 0.2) is 0 Å². The van der Waals surface area contributed by atoms with Crippen LogP contribution in [0.2, 0.25) is 5.15 Å². The Morgan fingerprint density at radius 3 is 2.73 bits per heavy atom. The number of rotatable bonds is 4. The van der Waals surface area contributed by atoms with Crippen LogP contribution >= 0.6 is 11.6 Å². The first-order valence-corrected chi connectivity index (χ1v) is 5.81. The van der Waals surface area contributed by atoms with E-state index in [1.807, 2.05) is 6.92 Å². The van der Waals surface area contributed by atoms with Gasteiger partial charge in [-0.2, -0.15) is 0 Å². The highest BCUT2D eigenvalue weighted by atomic mass is 35.5. The van der Waals surface area contributed by atoms with Crippen molar-refractivity contribution in [3.63, 3.8) is 0 Å². The number of hydrogen-bond acceptors (Lipinski definition) is 3. The van der Waals surface area contributed by atoms with Crippen LogP contribution in [0, 0.1) is 6.92 Å². The third kappa shape index (κ3) is 2.89. The average molecular weight is 226 g/mol. The van der Waals surface area contributed by atoms with E-state index < -0.39 is 0 Å². The van der Waals surface area contributed by atoms with Crippen molar-refractivity contribution in [1.82, 2.24) is 14.9 Å². The zero-order valence-electron chi connectivity index (χ0n) is 9.20. The lowest BCUT2D eigenvalue weighted by Gasteiger charge is -2.18. The topological polar surface area (TPSA) is 29.0 Å². The number of halogens is 1. The van der Waals surface area contributed by atoms with E-state index in [-0.39, 0.29) is 0 Å². The van der Waals surface area contributed by atoms with Gasteiger partial charge in [-0.3, -0.25) is 4.90 Å². The largest absolute Gasteiger partial charge is 0.293 e. The van der Waals surface area contributed by atoms with Gasteiger partial charge in [0.2, 0.25) is 0 Å². The monoisotopic (exact) mass is 225 g/mol. The highest BCUT2D eigenvalue weighted by Gasteiger charge is 2.28. The fourth-order valence-electron chi connectivity index (χ4n) is 1.78. The van der Waals surface area contributed by atoms with Gasteiger partial charge in [0, 0.05) is 11.7 Å². The van der Waals surface area contributed by atoms with Crippen LogP contribution in [-0.4, -0.2) is 27.5 Å². The molecule has 0 saturated heterocycles. The highest BCUT2D eigenvalue weighted by molar-refractivity contribution is 6.29. The standard InChI is InChI=1S/C11H16ClN3/c1-3-15(9-4-5-9)7-11-13-8(2)6-10(12)14-11/h6,9H,3-5,7H2,1-2H3. The minimum atomic E-state index is 0.546. The minimum absolute atomic E-state index is 0.546. The summed E-state index contributed by atoms with van der Waals surface area (Å²) in [4.78, 5) is 11.0. The van der Waals surface area contributed by atoms with E-state index in [0.717, 1.165) is 30.6 Å². The van der Waals surface area contributed by atoms with Crippen molar-refractivity contribution in [2.75, 3.05) is 6.54 Å². The number of hydrogen-bond donors (Lipinski definition) is 0. The fraction of sp³-hybridized carbons (Fsp3) is 0.636. The molecule has 0 atom stereocenters. The Morgan fingerprint density at radius 2 is 2.20 bits per heavy atom. The molecule has 4 heteroatoms. The smallest absolute Gasteiger partial charge is 0.144 e. The van der Waals surface area contributed by atoms with Gasteiger partial charge in [-0.1, -0.05) is 18.5 Å². The molecule has 1 heterocycles. The Kier molecular flexibility index (Phi) is 3.22. The van der Waals surface area contributed by atoms with Crippen LogP contribution in [0.5, 0.6) is 0 Å². The van der Waals surface area contributed by atoms with Crippen molar-refractivity contribution in [2.24, 2.45) is 0 Å². The second-order valence-corrected chi connectivity index (χ2v) is 4.43. The summed E-state index contributed by atoms with van der Waals surface area (Å²) < 4.78 is 0. The van der Waals surface area contributed by atoms with E-state index in [0.29, 0.717) is 5.15 Å². The Labute approximate surface area is 95.5 Å². The lowest BCUT2D eigenvalue weighted by Crippen LogP contribution is -2.26. The van der Waals surface area contributed by atoms with Crippen molar-refractivity contribution in [3.8, 4) is 0 Å². The molecule has 3 nitrogen and oxygen atoms in total. The van der Waals surface area contributed by atoms with Gasteiger partial charge in [0.05, 0.1) is 6.54 Å². The lowest BCUT2D eigenvalue weighted by molar-refractivity contribution is 0.262. The van der Waals surface area contributed by atoms with E-state index in [2.05, 4.69) is 21.8 Å². The zero-order valence-corrected chi connectivity index (χ0v) is 9.96. The van der Waals surface area contributed by atoms with Crippen molar-refractivity contribution < 1.29 is 0 Å². The first kappa shape index (κ1) is 10.8. The molecule has 82 valence electrons. The van der Waals surface area contributed by atoms with Crippen LogP contribution in [0.4, 0.5) is 0 Å². The van der Waals surface area contributed by atoms with Crippen molar-refractivity contribution in [3.05, 3.63) is 22.7 Å². The number of nitrogens with zero attached hydrogens (tertiary/aromatic N) is 3. The molecular weight excluding hydrogens is 210 g/mol. The van der Waals surface area contributed by atoms with Gasteiger partial charge in [0.25, 0.3) is 0 Å². The molecule has 0 N–H and O–H groups in total. The highest BCUT2D eigenvalue weighted by Crippen LogP contribution is 2.27. The molecule has 1 fully saturated rings. The Hall–Kier alpha value is -0.670. The van der Waals surface area contributed by atoms with Crippen LogP contribution in [0.3, 0.4) is 0 Å². The summed E-state index contributed by atoms with van der Waals surface area (Å²) in [6.45, 7) is 6.00. The van der Waals surface area contributed by atoms with Crippen LogP contribution < -0.4 is 0 Å². The molecule has 0 aromatic carbocycles. The van der Waals surface area contributed by atoms with Crippen molar-refractivity contribution >= 4 is 11.6 Å². The quantitative estimate of drug-likeness (QED) is 0.737. The Bertz CT molecular complexity index is 329. The SMILES string of the molecule is CCN(Cc1nc(C)cc(Cl)n1)C1CC1. The normalized spacial score (nSPS) is 16.0. The van der Waals surface area contributed by atoms with E-state index >= 15 is 0 Å². The van der Waals surface area contributed by atoms with Crippen molar-refractivity contribution in [1.29, 1.82) is 0 Å². The van der Waals surface area contributed by atoms with Gasteiger partial charge in [-0.05, 0) is 32.4 Å². The average Bonchev–Trinajstić information content (AvgIpc) is 2.95. The molecule has 2 rings (SSSR count).